The summed E-state index contributed by atoms with van der Waals surface area (Å²) in [6.07, 6.45) is 13.2. The Morgan fingerprint density at radius 3 is 2.79 bits per heavy atom. The molecule has 0 spiro atoms. The van der Waals surface area contributed by atoms with E-state index in [4.69, 9.17) is 4.74 Å². The molecule has 29 heavy (non-hydrogen) atoms. The molecule has 6 heteroatoms. The molecule has 6 nitrogen and oxygen atoms in total. The number of aromatic nitrogens is 2. The van der Waals surface area contributed by atoms with E-state index in [1.807, 2.05) is 18.5 Å². The van der Waals surface area contributed by atoms with Crippen molar-refractivity contribution in [2.45, 2.75) is 81.7 Å². The van der Waals surface area contributed by atoms with Crippen molar-refractivity contribution in [1.29, 1.82) is 0 Å². The molecule has 0 radical (unpaired) electrons. The van der Waals surface area contributed by atoms with Gasteiger partial charge in [0.2, 0.25) is 5.91 Å². The molecular weight excluding hydrogens is 366 g/mol. The van der Waals surface area contributed by atoms with Gasteiger partial charge in [0.15, 0.2) is 0 Å². The van der Waals surface area contributed by atoms with Crippen LogP contribution >= 0.6 is 0 Å². The Morgan fingerprint density at radius 1 is 1.24 bits per heavy atom. The number of methoxy groups -OCH3 is 1. The van der Waals surface area contributed by atoms with Crippen LogP contribution in [0.25, 0.3) is 10.9 Å². The highest BCUT2D eigenvalue weighted by Crippen LogP contribution is 2.43. The number of aliphatic hydroxyl groups is 1. The summed E-state index contributed by atoms with van der Waals surface area (Å²) in [7, 11) is 1.75. The van der Waals surface area contributed by atoms with Gasteiger partial charge in [-0.3, -0.25) is 9.78 Å². The second-order valence-corrected chi connectivity index (χ2v) is 9.36. The standard InChI is InChI=1S/C23H31N3O3/c1-29-20-4-2-3-17(11-20)22(27)26-18-5-6-19(26)13-23(28,12-18)15-25-10-8-16-7-9-24-14-21(16)25/h7-10,14,17-20,28H,2-6,11-13,15H2,1H3/t17-,18+,19+,20-/m1/s1. The van der Waals surface area contributed by atoms with Gasteiger partial charge in [0, 0.05) is 42.9 Å². The molecule has 3 fully saturated rings. The molecule has 2 aliphatic heterocycles. The van der Waals surface area contributed by atoms with Gasteiger partial charge >= 0.3 is 0 Å². The van der Waals surface area contributed by atoms with E-state index >= 15 is 0 Å². The van der Waals surface area contributed by atoms with Crippen LogP contribution in [0, 0.1) is 5.92 Å². The van der Waals surface area contributed by atoms with Crippen molar-refractivity contribution in [3.8, 4) is 0 Å². The Labute approximate surface area is 171 Å². The highest BCUT2D eigenvalue weighted by atomic mass is 16.5. The summed E-state index contributed by atoms with van der Waals surface area (Å²) in [5, 5.41) is 12.6. The van der Waals surface area contributed by atoms with E-state index in [1.54, 1.807) is 13.3 Å². The number of hydrogen-bond acceptors (Lipinski definition) is 4. The Morgan fingerprint density at radius 2 is 2.03 bits per heavy atom. The molecule has 2 bridgehead atoms. The van der Waals surface area contributed by atoms with Gasteiger partial charge in [-0.1, -0.05) is 6.42 Å². The Balaban J connectivity index is 1.31. The van der Waals surface area contributed by atoms with E-state index in [2.05, 4.69) is 20.5 Å². The van der Waals surface area contributed by atoms with E-state index < -0.39 is 5.60 Å². The highest BCUT2D eigenvalue weighted by molar-refractivity contribution is 5.80. The first kappa shape index (κ1) is 19.1. The Hall–Kier alpha value is -1.92. The van der Waals surface area contributed by atoms with Gasteiger partial charge in [-0.2, -0.15) is 0 Å². The topological polar surface area (TPSA) is 67.6 Å². The predicted octanol–water partition coefficient (Wildman–Crippen LogP) is 3.13. The van der Waals surface area contributed by atoms with Crippen LogP contribution in [-0.2, 0) is 16.1 Å². The minimum Gasteiger partial charge on any atom is -0.388 e. The maximum atomic E-state index is 13.4. The molecule has 1 aliphatic carbocycles. The lowest BCUT2D eigenvalue weighted by Crippen LogP contribution is -2.56. The molecule has 5 rings (SSSR count). The number of carbonyl (C=O) groups is 1. The molecule has 0 unspecified atom stereocenters. The van der Waals surface area contributed by atoms with Crippen LogP contribution in [0.1, 0.15) is 51.4 Å². The summed E-state index contributed by atoms with van der Waals surface area (Å²) in [5.74, 6) is 0.388. The fourth-order valence-electron chi connectivity index (χ4n) is 6.09. The lowest BCUT2D eigenvalue weighted by Gasteiger charge is -2.45. The second kappa shape index (κ2) is 7.40. The molecule has 3 aliphatic rings. The van der Waals surface area contributed by atoms with Crippen LogP contribution in [0.3, 0.4) is 0 Å². The third-order valence-corrected chi connectivity index (χ3v) is 7.46. The SMILES string of the molecule is CO[C@@H]1CCC[C@@H](C(=O)N2[C@H]3CC[C@H]2CC(O)(Cn2ccc4ccncc42)C3)C1. The van der Waals surface area contributed by atoms with Crippen molar-refractivity contribution in [3.63, 3.8) is 0 Å². The van der Waals surface area contributed by atoms with Crippen LogP contribution in [-0.4, -0.2) is 56.4 Å². The van der Waals surface area contributed by atoms with E-state index in [0.29, 0.717) is 25.3 Å². The molecule has 4 atom stereocenters. The van der Waals surface area contributed by atoms with Crippen molar-refractivity contribution in [2.24, 2.45) is 5.92 Å². The Kier molecular flexibility index (Phi) is 4.87. The van der Waals surface area contributed by atoms with Crippen LogP contribution in [0.5, 0.6) is 0 Å². The minimum absolute atomic E-state index is 0.0856. The monoisotopic (exact) mass is 397 g/mol. The van der Waals surface area contributed by atoms with E-state index in [-0.39, 0.29) is 24.1 Å². The average molecular weight is 398 g/mol. The summed E-state index contributed by atoms with van der Waals surface area (Å²) in [4.78, 5) is 19.7. The molecule has 1 saturated carbocycles. The van der Waals surface area contributed by atoms with Crippen molar-refractivity contribution >= 4 is 16.8 Å². The first-order valence-electron chi connectivity index (χ1n) is 11.0. The number of rotatable bonds is 4. The van der Waals surface area contributed by atoms with Gasteiger partial charge in [0.1, 0.15) is 0 Å². The maximum absolute atomic E-state index is 13.4. The molecule has 4 heterocycles. The number of ether oxygens (including phenoxy) is 1. The van der Waals surface area contributed by atoms with Crippen molar-refractivity contribution in [2.75, 3.05) is 7.11 Å². The van der Waals surface area contributed by atoms with Crippen molar-refractivity contribution < 1.29 is 14.6 Å². The summed E-state index contributed by atoms with van der Waals surface area (Å²) < 4.78 is 7.65. The number of nitrogens with zero attached hydrogens (tertiary/aromatic N) is 3. The number of amides is 1. The summed E-state index contributed by atoms with van der Waals surface area (Å²) in [5.41, 5.74) is 0.283. The number of fused-ring (bicyclic) bond motifs is 3. The first-order chi connectivity index (χ1) is 14.1. The smallest absolute Gasteiger partial charge is 0.226 e. The summed E-state index contributed by atoms with van der Waals surface area (Å²) in [6.45, 7) is 0.562. The molecule has 1 N–H and O–H groups in total. The third-order valence-electron chi connectivity index (χ3n) is 7.46. The largest absolute Gasteiger partial charge is 0.388 e. The van der Waals surface area contributed by atoms with Crippen LogP contribution in [0.4, 0.5) is 0 Å². The molecule has 1 amide bonds. The van der Waals surface area contributed by atoms with Gasteiger partial charge in [0.25, 0.3) is 0 Å². The normalized spacial score (nSPS) is 34.6. The van der Waals surface area contributed by atoms with E-state index in [9.17, 15) is 9.90 Å². The summed E-state index contributed by atoms with van der Waals surface area (Å²) in [6, 6.07) is 4.39. The lowest BCUT2D eigenvalue weighted by atomic mass is 9.82. The highest BCUT2D eigenvalue weighted by Gasteiger charge is 2.50. The quantitative estimate of drug-likeness (QED) is 0.861. The fourth-order valence-corrected chi connectivity index (χ4v) is 6.09. The zero-order chi connectivity index (χ0) is 20.0. The predicted molar refractivity (Wildman–Crippen MR) is 110 cm³/mol. The summed E-state index contributed by atoms with van der Waals surface area (Å²) >= 11 is 0. The second-order valence-electron chi connectivity index (χ2n) is 9.36. The third kappa shape index (κ3) is 3.46. The van der Waals surface area contributed by atoms with E-state index in [0.717, 1.165) is 49.4 Å². The fraction of sp³-hybridized carbons (Fsp3) is 0.652. The molecule has 2 saturated heterocycles. The number of hydrogen-bond donors (Lipinski definition) is 1. The van der Waals surface area contributed by atoms with Crippen molar-refractivity contribution in [1.82, 2.24) is 14.5 Å². The number of piperidine rings is 1. The van der Waals surface area contributed by atoms with Gasteiger partial charge in [-0.15, -0.1) is 0 Å². The van der Waals surface area contributed by atoms with Gasteiger partial charge in [-0.25, -0.2) is 0 Å². The lowest BCUT2D eigenvalue weighted by molar-refractivity contribution is -0.149. The van der Waals surface area contributed by atoms with Crippen LogP contribution < -0.4 is 0 Å². The maximum Gasteiger partial charge on any atom is 0.226 e. The van der Waals surface area contributed by atoms with Crippen molar-refractivity contribution in [3.05, 3.63) is 30.7 Å². The van der Waals surface area contributed by atoms with Gasteiger partial charge < -0.3 is 19.3 Å². The zero-order valence-electron chi connectivity index (χ0n) is 17.2. The van der Waals surface area contributed by atoms with Crippen LogP contribution in [0.15, 0.2) is 30.7 Å². The molecule has 156 valence electrons. The molecule has 0 aromatic carbocycles. The molecular formula is C23H31N3O3. The minimum atomic E-state index is -0.772. The van der Waals surface area contributed by atoms with Gasteiger partial charge in [0.05, 0.1) is 30.0 Å². The van der Waals surface area contributed by atoms with Gasteiger partial charge in [-0.05, 0) is 57.1 Å². The van der Waals surface area contributed by atoms with Crippen LogP contribution in [0.2, 0.25) is 0 Å². The molecule has 2 aromatic heterocycles. The average Bonchev–Trinajstić information content (AvgIpc) is 3.26. The zero-order valence-corrected chi connectivity index (χ0v) is 17.2. The van der Waals surface area contributed by atoms with E-state index in [1.165, 1.54) is 0 Å². The Bertz CT molecular complexity index is 880. The number of carbonyl (C=O) groups excluding carboxylic acids is 1. The first-order valence-corrected chi connectivity index (χ1v) is 11.0. The number of pyridine rings is 1. The molecule has 2 aromatic rings.